The Balaban J connectivity index is 2.65. The van der Waals surface area contributed by atoms with Gasteiger partial charge in [-0.15, -0.1) is 0 Å². The summed E-state index contributed by atoms with van der Waals surface area (Å²) in [5.41, 5.74) is 5.79. The lowest BCUT2D eigenvalue weighted by Gasteiger charge is -2.25. The number of rotatable bonds is 2. The molecule has 1 heterocycles. The predicted octanol–water partition coefficient (Wildman–Crippen LogP) is -0.101. The van der Waals surface area contributed by atoms with Crippen molar-refractivity contribution < 1.29 is 9.90 Å². The summed E-state index contributed by atoms with van der Waals surface area (Å²) in [6.07, 6.45) is 0.881. The molecule has 0 aromatic carbocycles. The molecule has 4 atom stereocenters. The maximum atomic E-state index is 10.7. The van der Waals surface area contributed by atoms with Crippen molar-refractivity contribution in [2.45, 2.75) is 25.4 Å². The van der Waals surface area contributed by atoms with Gasteiger partial charge in [0, 0.05) is 18.6 Å². The second-order valence-electron chi connectivity index (χ2n) is 3.31. The van der Waals surface area contributed by atoms with Crippen molar-refractivity contribution >= 4 is 15.4 Å². The van der Waals surface area contributed by atoms with Crippen LogP contribution >= 0.6 is 9.39 Å². The van der Waals surface area contributed by atoms with E-state index in [9.17, 15) is 4.79 Å². The molecule has 1 saturated heterocycles. The van der Waals surface area contributed by atoms with Crippen molar-refractivity contribution in [2.75, 3.05) is 6.54 Å². The van der Waals surface area contributed by atoms with Gasteiger partial charge in [-0.05, 0) is 6.42 Å². The Morgan fingerprint density at radius 1 is 1.83 bits per heavy atom. The molecule has 0 saturated carbocycles. The second kappa shape index (κ2) is 3.69. The quantitative estimate of drug-likeness (QED) is 0.597. The van der Waals surface area contributed by atoms with Crippen molar-refractivity contribution in [3.63, 3.8) is 0 Å². The normalized spacial score (nSPS) is 33.6. The van der Waals surface area contributed by atoms with E-state index >= 15 is 0 Å². The van der Waals surface area contributed by atoms with Crippen LogP contribution in [-0.4, -0.2) is 34.4 Å². The average molecular weight is 190 g/mol. The summed E-state index contributed by atoms with van der Waals surface area (Å²) in [7, 11) is 2.54. The van der Waals surface area contributed by atoms with Gasteiger partial charge in [-0.25, -0.2) is 0 Å². The zero-order valence-corrected chi connectivity index (χ0v) is 8.26. The Morgan fingerprint density at radius 3 is 2.75 bits per heavy atom. The highest BCUT2D eigenvalue weighted by molar-refractivity contribution is 7.13. The number of hydrogen-bond acceptors (Lipinski definition) is 3. The third-order valence-electron chi connectivity index (χ3n) is 2.44. The maximum Gasteiger partial charge on any atom is 0.307 e. The van der Waals surface area contributed by atoms with Gasteiger partial charge in [0.05, 0.1) is 5.92 Å². The van der Waals surface area contributed by atoms with Crippen LogP contribution in [0.1, 0.15) is 13.3 Å². The van der Waals surface area contributed by atoms with Gasteiger partial charge in [0.1, 0.15) is 0 Å². The van der Waals surface area contributed by atoms with Crippen LogP contribution in [0.2, 0.25) is 0 Å². The van der Waals surface area contributed by atoms with Crippen LogP contribution in [0.3, 0.4) is 0 Å². The molecule has 0 bridgehead atoms. The van der Waals surface area contributed by atoms with Crippen LogP contribution in [0.4, 0.5) is 0 Å². The van der Waals surface area contributed by atoms with E-state index in [-0.39, 0.29) is 18.0 Å². The Morgan fingerprint density at radius 2 is 2.42 bits per heavy atom. The molecule has 1 aliphatic rings. The molecule has 70 valence electrons. The van der Waals surface area contributed by atoms with Gasteiger partial charge in [-0.2, -0.15) is 0 Å². The number of carboxylic acids is 1. The van der Waals surface area contributed by atoms with E-state index in [1.807, 2.05) is 4.67 Å². The van der Waals surface area contributed by atoms with E-state index in [0.717, 1.165) is 13.0 Å². The van der Waals surface area contributed by atoms with Crippen LogP contribution in [0.25, 0.3) is 0 Å². The highest BCUT2D eigenvalue weighted by Gasteiger charge is 2.36. The maximum absolute atomic E-state index is 10.7. The highest BCUT2D eigenvalue weighted by atomic mass is 31.0. The van der Waals surface area contributed by atoms with E-state index in [0.29, 0.717) is 0 Å². The van der Waals surface area contributed by atoms with Crippen molar-refractivity contribution in [3.8, 4) is 0 Å². The zero-order chi connectivity index (χ0) is 9.30. The molecular weight excluding hydrogens is 175 g/mol. The molecule has 4 nitrogen and oxygen atoms in total. The molecule has 5 heteroatoms. The van der Waals surface area contributed by atoms with Crippen LogP contribution in [0.5, 0.6) is 0 Å². The molecule has 1 fully saturated rings. The first kappa shape index (κ1) is 9.90. The van der Waals surface area contributed by atoms with Gasteiger partial charge in [0.2, 0.25) is 0 Å². The van der Waals surface area contributed by atoms with Crippen molar-refractivity contribution in [3.05, 3.63) is 0 Å². The number of carboxylic acid groups (broad SMARTS) is 1. The summed E-state index contributed by atoms with van der Waals surface area (Å²) in [4.78, 5) is 10.7. The molecule has 0 radical (unpaired) electrons. The van der Waals surface area contributed by atoms with Gasteiger partial charge in [0.25, 0.3) is 0 Å². The summed E-state index contributed by atoms with van der Waals surface area (Å²) >= 11 is 0. The summed E-state index contributed by atoms with van der Waals surface area (Å²) in [6, 6.07) is -0.0406. The van der Waals surface area contributed by atoms with Gasteiger partial charge in [-0.1, -0.05) is 16.3 Å². The fourth-order valence-corrected chi connectivity index (χ4v) is 2.30. The van der Waals surface area contributed by atoms with Crippen LogP contribution in [-0.2, 0) is 4.79 Å². The molecule has 1 rings (SSSR count). The van der Waals surface area contributed by atoms with E-state index in [4.69, 9.17) is 10.8 Å². The van der Waals surface area contributed by atoms with E-state index in [1.54, 1.807) is 6.92 Å². The molecule has 0 aliphatic carbocycles. The third-order valence-corrected chi connectivity index (χ3v) is 3.05. The predicted molar refractivity (Wildman–Crippen MR) is 49.6 cm³/mol. The Bertz CT molecular complexity index is 178. The van der Waals surface area contributed by atoms with Gasteiger partial charge in [-0.3, -0.25) is 9.46 Å². The smallest absolute Gasteiger partial charge is 0.307 e. The molecule has 3 N–H and O–H groups in total. The minimum absolute atomic E-state index is 0.00593. The summed E-state index contributed by atoms with van der Waals surface area (Å²) in [5, 5.41) is 8.79. The molecular formula is C7H15N2O2P. The number of hydrogen-bond donors (Lipinski definition) is 2. The first-order valence-electron chi connectivity index (χ1n) is 4.03. The van der Waals surface area contributed by atoms with Crippen LogP contribution in [0.15, 0.2) is 0 Å². The second-order valence-corrected chi connectivity index (χ2v) is 3.97. The molecule has 0 amide bonds. The number of nitrogens with zero attached hydrogens (tertiary/aromatic N) is 1. The van der Waals surface area contributed by atoms with Crippen molar-refractivity contribution in [2.24, 2.45) is 11.7 Å². The Kier molecular flexibility index (Phi) is 3.04. The van der Waals surface area contributed by atoms with E-state index in [2.05, 4.69) is 9.39 Å². The molecule has 3 unspecified atom stereocenters. The first-order valence-corrected chi connectivity index (χ1v) is 4.55. The zero-order valence-electron chi connectivity index (χ0n) is 7.10. The largest absolute Gasteiger partial charge is 0.481 e. The molecule has 1 aliphatic heterocycles. The number of aliphatic carboxylic acids is 1. The lowest BCUT2D eigenvalue weighted by atomic mass is 9.97. The lowest BCUT2D eigenvalue weighted by Crippen LogP contribution is -2.43. The van der Waals surface area contributed by atoms with E-state index in [1.165, 1.54) is 0 Å². The van der Waals surface area contributed by atoms with Gasteiger partial charge < -0.3 is 10.8 Å². The minimum Gasteiger partial charge on any atom is -0.481 e. The topological polar surface area (TPSA) is 66.6 Å². The lowest BCUT2D eigenvalue weighted by molar-refractivity contribution is -0.142. The Labute approximate surface area is 74.4 Å². The minimum atomic E-state index is -0.773. The van der Waals surface area contributed by atoms with Crippen LogP contribution < -0.4 is 5.73 Å². The molecule has 12 heavy (non-hydrogen) atoms. The SMILES string of the molecule is C[C@H](C(=O)O)C1C(N)CCN1P. The third kappa shape index (κ3) is 1.76. The standard InChI is InChI=1S/C7H15N2O2P/c1-4(7(10)11)6-5(8)2-3-9(6)12/h4-6H,2-3,8,12H2,1H3,(H,10,11)/t4-,5?,6?/m0/s1. The fourth-order valence-electron chi connectivity index (χ4n) is 1.67. The molecule has 0 aromatic rings. The summed E-state index contributed by atoms with van der Waals surface area (Å²) in [6.45, 7) is 2.57. The monoisotopic (exact) mass is 190 g/mol. The number of nitrogens with two attached hydrogens (primary N) is 1. The first-order chi connectivity index (χ1) is 5.54. The highest BCUT2D eigenvalue weighted by Crippen LogP contribution is 2.26. The average Bonchev–Trinajstić information content (AvgIpc) is 2.30. The van der Waals surface area contributed by atoms with Crippen LogP contribution in [0, 0.1) is 5.92 Å². The van der Waals surface area contributed by atoms with E-state index < -0.39 is 5.97 Å². The number of carbonyl (C=O) groups is 1. The fraction of sp³-hybridized carbons (Fsp3) is 0.857. The van der Waals surface area contributed by atoms with Crippen molar-refractivity contribution in [1.82, 2.24) is 4.67 Å². The summed E-state index contributed by atoms with van der Waals surface area (Å²) in [5.74, 6) is -1.16. The van der Waals surface area contributed by atoms with Gasteiger partial charge >= 0.3 is 5.97 Å². The van der Waals surface area contributed by atoms with Crippen molar-refractivity contribution in [1.29, 1.82) is 0 Å². The van der Waals surface area contributed by atoms with Gasteiger partial charge in [0.15, 0.2) is 0 Å². The molecule has 0 spiro atoms. The molecule has 0 aromatic heterocycles. The summed E-state index contributed by atoms with van der Waals surface area (Å²) < 4.78 is 1.95. The Hall–Kier alpha value is -0.180.